The molecule has 2 aromatic rings. The van der Waals surface area contributed by atoms with Crippen LogP contribution in [0.25, 0.3) is 0 Å². The van der Waals surface area contributed by atoms with Gasteiger partial charge >= 0.3 is 0 Å². The molecule has 7 nitrogen and oxygen atoms in total. The van der Waals surface area contributed by atoms with E-state index in [1.165, 1.54) is 22.5 Å². The van der Waals surface area contributed by atoms with Crippen molar-refractivity contribution in [3.8, 4) is 5.75 Å². The number of amides is 1. The Morgan fingerprint density at radius 3 is 2.86 bits per heavy atom. The first-order valence-electron chi connectivity index (χ1n) is 9.62. The number of nitrogens with one attached hydrogen (secondary N) is 3. The monoisotopic (exact) mass is 529 g/mol. The Morgan fingerprint density at radius 1 is 1.28 bits per heavy atom. The van der Waals surface area contributed by atoms with Gasteiger partial charge in [-0.25, -0.2) is 4.98 Å². The number of rotatable bonds is 8. The molecule has 1 aliphatic rings. The van der Waals surface area contributed by atoms with E-state index in [9.17, 15) is 4.79 Å². The molecule has 0 fully saturated rings. The molecule has 0 spiro atoms. The standard InChI is InChI=1S/C20H27N5O2S.HI/c1-3-21-20(24-10-9-22-19(26)18-14(2)25-13-28-18)23-8-6-15-4-5-17-16(12-15)7-11-27-17;/h4-5,12-13H,3,6-11H2,1-2H3,(H,22,26)(H2,21,23,24);1H. The second kappa shape index (κ2) is 12.0. The van der Waals surface area contributed by atoms with E-state index in [1.807, 2.05) is 13.8 Å². The van der Waals surface area contributed by atoms with Crippen LogP contribution in [0.5, 0.6) is 5.75 Å². The van der Waals surface area contributed by atoms with Crippen LogP contribution < -0.4 is 20.7 Å². The molecule has 2 heterocycles. The third kappa shape index (κ3) is 6.84. The fourth-order valence-corrected chi connectivity index (χ4v) is 3.71. The van der Waals surface area contributed by atoms with Gasteiger partial charge in [0, 0.05) is 32.6 Å². The van der Waals surface area contributed by atoms with Gasteiger partial charge in [-0.3, -0.25) is 9.79 Å². The SMILES string of the molecule is CCNC(=NCCc1ccc2c(c1)CCO2)NCCNC(=O)c1scnc1C.I. The van der Waals surface area contributed by atoms with Crippen molar-refractivity contribution in [3.63, 3.8) is 0 Å². The van der Waals surface area contributed by atoms with Crippen molar-refractivity contribution in [1.82, 2.24) is 20.9 Å². The van der Waals surface area contributed by atoms with Crippen LogP contribution in [-0.2, 0) is 12.8 Å². The molecule has 0 aliphatic carbocycles. The number of aryl methyl sites for hydroxylation is 1. The zero-order valence-electron chi connectivity index (χ0n) is 16.8. The van der Waals surface area contributed by atoms with Crippen LogP contribution in [0.15, 0.2) is 28.7 Å². The maximum absolute atomic E-state index is 12.1. The average molecular weight is 529 g/mol. The fourth-order valence-electron chi connectivity index (χ4n) is 2.99. The highest BCUT2D eigenvalue weighted by Crippen LogP contribution is 2.25. The number of ether oxygens (including phenoxy) is 1. The van der Waals surface area contributed by atoms with E-state index in [-0.39, 0.29) is 29.9 Å². The molecule has 1 aliphatic heterocycles. The summed E-state index contributed by atoms with van der Waals surface area (Å²) in [5.41, 5.74) is 5.02. The number of aliphatic imine (C=N–C) groups is 1. The van der Waals surface area contributed by atoms with E-state index in [1.54, 1.807) is 5.51 Å². The number of carbonyl (C=O) groups excluding carboxylic acids is 1. The molecule has 29 heavy (non-hydrogen) atoms. The van der Waals surface area contributed by atoms with Crippen molar-refractivity contribution >= 4 is 47.2 Å². The lowest BCUT2D eigenvalue weighted by molar-refractivity contribution is 0.0957. The molecule has 0 atom stereocenters. The summed E-state index contributed by atoms with van der Waals surface area (Å²) >= 11 is 1.36. The van der Waals surface area contributed by atoms with Crippen molar-refractivity contribution in [3.05, 3.63) is 45.4 Å². The highest BCUT2D eigenvalue weighted by atomic mass is 127. The zero-order chi connectivity index (χ0) is 19.8. The minimum Gasteiger partial charge on any atom is -0.493 e. The van der Waals surface area contributed by atoms with Crippen molar-refractivity contribution in [2.24, 2.45) is 4.99 Å². The topological polar surface area (TPSA) is 87.6 Å². The molecular formula is C20H28IN5O2S. The minimum absolute atomic E-state index is 0. The number of hydrogen-bond donors (Lipinski definition) is 3. The molecule has 1 aromatic heterocycles. The first-order chi connectivity index (χ1) is 13.7. The van der Waals surface area contributed by atoms with Gasteiger partial charge in [0.05, 0.1) is 17.8 Å². The molecule has 1 amide bonds. The number of guanidine groups is 1. The van der Waals surface area contributed by atoms with E-state index in [4.69, 9.17) is 4.74 Å². The van der Waals surface area contributed by atoms with E-state index >= 15 is 0 Å². The summed E-state index contributed by atoms with van der Waals surface area (Å²) in [6.45, 7) is 7.26. The number of thiazole rings is 1. The molecule has 3 N–H and O–H groups in total. The molecule has 3 rings (SSSR count). The number of carbonyl (C=O) groups is 1. The quantitative estimate of drug-likeness (QED) is 0.212. The van der Waals surface area contributed by atoms with E-state index < -0.39 is 0 Å². The van der Waals surface area contributed by atoms with Crippen molar-refractivity contribution in [1.29, 1.82) is 0 Å². The lowest BCUT2D eigenvalue weighted by Crippen LogP contribution is -2.41. The molecule has 0 unspecified atom stereocenters. The Hall–Kier alpha value is -1.88. The van der Waals surface area contributed by atoms with Crippen LogP contribution in [0.2, 0.25) is 0 Å². The molecule has 0 radical (unpaired) electrons. The Balaban J connectivity index is 0.00000300. The van der Waals surface area contributed by atoms with Crippen molar-refractivity contribution in [2.45, 2.75) is 26.7 Å². The largest absolute Gasteiger partial charge is 0.493 e. The maximum Gasteiger partial charge on any atom is 0.263 e. The smallest absolute Gasteiger partial charge is 0.263 e. The highest BCUT2D eigenvalue weighted by Gasteiger charge is 2.12. The van der Waals surface area contributed by atoms with Gasteiger partial charge in [0.25, 0.3) is 5.91 Å². The summed E-state index contributed by atoms with van der Waals surface area (Å²) in [5.74, 6) is 1.69. The first kappa shape index (κ1) is 23.4. The highest BCUT2D eigenvalue weighted by molar-refractivity contribution is 14.0. The summed E-state index contributed by atoms with van der Waals surface area (Å²) in [4.78, 5) is 21.5. The summed E-state index contributed by atoms with van der Waals surface area (Å²) in [5, 5.41) is 9.39. The number of fused-ring (bicyclic) bond motifs is 1. The molecule has 0 bridgehead atoms. The summed E-state index contributed by atoms with van der Waals surface area (Å²) in [7, 11) is 0. The molecule has 0 saturated carbocycles. The lowest BCUT2D eigenvalue weighted by Gasteiger charge is -2.12. The van der Waals surface area contributed by atoms with Crippen LogP contribution in [0.1, 0.15) is 33.4 Å². The summed E-state index contributed by atoms with van der Waals surface area (Å²) in [6.07, 6.45) is 1.87. The van der Waals surface area contributed by atoms with E-state index in [0.29, 0.717) is 24.5 Å². The van der Waals surface area contributed by atoms with Crippen LogP contribution in [0, 0.1) is 6.92 Å². The number of nitrogens with zero attached hydrogens (tertiary/aromatic N) is 2. The Morgan fingerprint density at radius 2 is 2.10 bits per heavy atom. The van der Waals surface area contributed by atoms with Gasteiger partial charge < -0.3 is 20.7 Å². The molecular weight excluding hydrogens is 501 g/mol. The predicted molar refractivity (Wildman–Crippen MR) is 128 cm³/mol. The number of aromatic nitrogens is 1. The van der Waals surface area contributed by atoms with Crippen molar-refractivity contribution < 1.29 is 9.53 Å². The molecule has 1 aromatic carbocycles. The Labute approximate surface area is 192 Å². The Kier molecular flexibility index (Phi) is 9.65. The van der Waals surface area contributed by atoms with Crippen LogP contribution >= 0.6 is 35.3 Å². The van der Waals surface area contributed by atoms with E-state index in [0.717, 1.165) is 43.4 Å². The summed E-state index contributed by atoms with van der Waals surface area (Å²) < 4.78 is 5.55. The number of halogens is 1. The van der Waals surface area contributed by atoms with Gasteiger partial charge in [-0.1, -0.05) is 12.1 Å². The number of benzene rings is 1. The van der Waals surface area contributed by atoms with E-state index in [2.05, 4.69) is 44.1 Å². The van der Waals surface area contributed by atoms with Gasteiger partial charge in [0.2, 0.25) is 0 Å². The van der Waals surface area contributed by atoms with Gasteiger partial charge in [-0.2, -0.15) is 0 Å². The average Bonchev–Trinajstić information content (AvgIpc) is 3.33. The van der Waals surface area contributed by atoms with Crippen LogP contribution in [-0.4, -0.2) is 49.6 Å². The second-order valence-corrected chi connectivity index (χ2v) is 7.36. The third-order valence-electron chi connectivity index (χ3n) is 4.42. The first-order valence-corrected chi connectivity index (χ1v) is 10.5. The summed E-state index contributed by atoms with van der Waals surface area (Å²) in [6, 6.07) is 6.38. The molecule has 9 heteroatoms. The van der Waals surface area contributed by atoms with Crippen LogP contribution in [0.4, 0.5) is 0 Å². The molecule has 0 saturated heterocycles. The Bertz CT molecular complexity index is 840. The van der Waals surface area contributed by atoms with Gasteiger partial charge in [0.1, 0.15) is 10.6 Å². The van der Waals surface area contributed by atoms with Gasteiger partial charge in [0.15, 0.2) is 5.96 Å². The third-order valence-corrected chi connectivity index (χ3v) is 5.35. The normalized spacial score (nSPS) is 12.6. The second-order valence-electron chi connectivity index (χ2n) is 6.50. The molecule has 158 valence electrons. The van der Waals surface area contributed by atoms with Gasteiger partial charge in [-0.15, -0.1) is 35.3 Å². The van der Waals surface area contributed by atoms with Crippen molar-refractivity contribution in [2.75, 3.05) is 32.8 Å². The lowest BCUT2D eigenvalue weighted by atomic mass is 10.1. The zero-order valence-corrected chi connectivity index (χ0v) is 19.9. The minimum atomic E-state index is -0.0793. The maximum atomic E-state index is 12.1. The fraction of sp³-hybridized carbons (Fsp3) is 0.450. The van der Waals surface area contributed by atoms with Gasteiger partial charge in [-0.05, 0) is 37.5 Å². The predicted octanol–water partition coefficient (Wildman–Crippen LogP) is 2.53. The van der Waals surface area contributed by atoms with Crippen LogP contribution in [0.3, 0.4) is 0 Å². The number of hydrogen-bond acceptors (Lipinski definition) is 5.